The number of nitrogens with zero attached hydrogens (tertiary/aromatic N) is 1. The van der Waals surface area contributed by atoms with Gasteiger partial charge in [-0.15, -0.1) is 0 Å². The van der Waals surface area contributed by atoms with Crippen molar-refractivity contribution in [2.75, 3.05) is 39.5 Å². The smallest absolute Gasteiger partial charge is 0.317 e. The van der Waals surface area contributed by atoms with Gasteiger partial charge in [0.1, 0.15) is 12.4 Å². The first-order chi connectivity index (χ1) is 12.2. The Kier molecular flexibility index (Phi) is 4.81. The van der Waals surface area contributed by atoms with E-state index in [9.17, 15) is 4.79 Å². The number of hydrogen-bond donors (Lipinski definition) is 1. The molecular weight excluding hydrogens is 320 g/mol. The molecule has 2 aliphatic heterocycles. The Bertz CT molecular complexity index is 618. The number of piperidine rings is 1. The topological polar surface area (TPSA) is 60.0 Å². The van der Waals surface area contributed by atoms with Gasteiger partial charge < -0.3 is 24.4 Å². The minimum absolute atomic E-state index is 0.0367. The van der Waals surface area contributed by atoms with Crippen molar-refractivity contribution in [3.63, 3.8) is 0 Å². The van der Waals surface area contributed by atoms with Crippen LogP contribution in [0.25, 0.3) is 0 Å². The summed E-state index contributed by atoms with van der Waals surface area (Å²) in [6.45, 7) is 3.63. The largest absolute Gasteiger partial charge is 0.492 e. The highest BCUT2D eigenvalue weighted by Gasteiger charge is 2.40. The van der Waals surface area contributed by atoms with E-state index in [1.54, 1.807) is 0 Å². The minimum Gasteiger partial charge on any atom is -0.492 e. The van der Waals surface area contributed by atoms with Crippen molar-refractivity contribution in [1.29, 1.82) is 0 Å². The number of carbonyl (C=O) groups excluding carboxylic acids is 1. The summed E-state index contributed by atoms with van der Waals surface area (Å²) in [4.78, 5) is 14.1. The molecule has 2 fully saturated rings. The molecule has 2 heterocycles. The molecule has 1 N–H and O–H groups in total. The molecule has 0 unspecified atom stereocenters. The Morgan fingerprint density at radius 2 is 1.92 bits per heavy atom. The first kappa shape index (κ1) is 16.7. The molecule has 25 heavy (non-hydrogen) atoms. The van der Waals surface area contributed by atoms with Crippen molar-refractivity contribution in [2.24, 2.45) is 0 Å². The monoisotopic (exact) mass is 346 g/mol. The predicted molar refractivity (Wildman–Crippen MR) is 92.8 cm³/mol. The molecular formula is C19H26N2O4. The molecule has 4 rings (SSSR count). The third-order valence-electron chi connectivity index (χ3n) is 5.34. The number of nitrogens with one attached hydrogen (secondary N) is 1. The van der Waals surface area contributed by atoms with E-state index in [4.69, 9.17) is 14.2 Å². The lowest BCUT2D eigenvalue weighted by molar-refractivity contribution is -0.181. The summed E-state index contributed by atoms with van der Waals surface area (Å²) in [5.41, 5.74) is 2.85. The number of benzene rings is 1. The molecule has 0 atom stereocenters. The zero-order chi connectivity index (χ0) is 17.1. The van der Waals surface area contributed by atoms with Crippen LogP contribution in [0.3, 0.4) is 0 Å². The van der Waals surface area contributed by atoms with Crippen molar-refractivity contribution >= 4 is 6.03 Å². The van der Waals surface area contributed by atoms with Crippen molar-refractivity contribution < 1.29 is 19.0 Å². The molecule has 6 heteroatoms. The fourth-order valence-electron chi connectivity index (χ4n) is 3.91. The first-order valence-electron chi connectivity index (χ1n) is 9.29. The SMILES string of the molecule is O=C(NCCOc1ccc2c(c1)CCC2)N1CCC2(CC1)OCCO2. The highest BCUT2D eigenvalue weighted by molar-refractivity contribution is 5.74. The van der Waals surface area contributed by atoms with E-state index in [2.05, 4.69) is 17.4 Å². The zero-order valence-corrected chi connectivity index (χ0v) is 14.6. The molecule has 6 nitrogen and oxygen atoms in total. The molecule has 2 amide bonds. The summed E-state index contributed by atoms with van der Waals surface area (Å²) in [7, 11) is 0. The molecule has 0 bridgehead atoms. The number of rotatable bonds is 4. The average molecular weight is 346 g/mol. The third-order valence-corrected chi connectivity index (χ3v) is 5.34. The van der Waals surface area contributed by atoms with Gasteiger partial charge in [0.25, 0.3) is 0 Å². The lowest BCUT2D eigenvalue weighted by atomic mass is 10.0. The van der Waals surface area contributed by atoms with Gasteiger partial charge in [0.2, 0.25) is 0 Å². The second-order valence-corrected chi connectivity index (χ2v) is 6.96. The summed E-state index contributed by atoms with van der Waals surface area (Å²) < 4.78 is 17.1. The number of aryl methyl sites for hydroxylation is 2. The van der Waals surface area contributed by atoms with Crippen LogP contribution in [-0.4, -0.2) is 56.2 Å². The second kappa shape index (κ2) is 7.22. The minimum atomic E-state index is -0.437. The number of ether oxygens (including phenoxy) is 3. The molecule has 0 aromatic heterocycles. The summed E-state index contributed by atoms with van der Waals surface area (Å²) in [5, 5.41) is 2.93. The summed E-state index contributed by atoms with van der Waals surface area (Å²) in [6, 6.07) is 6.28. The Labute approximate surface area is 148 Å². The lowest BCUT2D eigenvalue weighted by Crippen LogP contribution is -2.50. The van der Waals surface area contributed by atoms with E-state index in [0.717, 1.165) is 25.0 Å². The molecule has 0 saturated carbocycles. The van der Waals surface area contributed by atoms with Gasteiger partial charge in [-0.1, -0.05) is 6.07 Å². The second-order valence-electron chi connectivity index (χ2n) is 6.96. The van der Waals surface area contributed by atoms with E-state index in [1.807, 2.05) is 11.0 Å². The summed E-state index contributed by atoms with van der Waals surface area (Å²) in [6.07, 6.45) is 5.05. The van der Waals surface area contributed by atoms with Crippen LogP contribution in [0.5, 0.6) is 5.75 Å². The van der Waals surface area contributed by atoms with Crippen molar-refractivity contribution in [1.82, 2.24) is 10.2 Å². The number of fused-ring (bicyclic) bond motifs is 1. The molecule has 1 spiro atoms. The van der Waals surface area contributed by atoms with Gasteiger partial charge in [-0.3, -0.25) is 0 Å². The molecule has 1 aliphatic carbocycles. The molecule has 1 aromatic rings. The van der Waals surface area contributed by atoms with E-state index >= 15 is 0 Å². The van der Waals surface area contributed by atoms with Crippen LogP contribution in [-0.2, 0) is 22.3 Å². The van der Waals surface area contributed by atoms with Crippen LogP contribution in [0, 0.1) is 0 Å². The molecule has 3 aliphatic rings. The first-order valence-corrected chi connectivity index (χ1v) is 9.29. The fraction of sp³-hybridized carbons (Fsp3) is 0.632. The van der Waals surface area contributed by atoms with Crippen molar-refractivity contribution in [2.45, 2.75) is 37.9 Å². The maximum absolute atomic E-state index is 12.2. The van der Waals surface area contributed by atoms with E-state index < -0.39 is 5.79 Å². The molecule has 136 valence electrons. The lowest BCUT2D eigenvalue weighted by Gasteiger charge is -2.37. The van der Waals surface area contributed by atoms with Crippen LogP contribution >= 0.6 is 0 Å². The number of urea groups is 1. The Balaban J connectivity index is 1.17. The Morgan fingerprint density at radius 3 is 2.72 bits per heavy atom. The fourth-order valence-corrected chi connectivity index (χ4v) is 3.91. The molecule has 2 saturated heterocycles. The normalized spacial score (nSPS) is 21.4. The quantitative estimate of drug-likeness (QED) is 0.848. The highest BCUT2D eigenvalue weighted by atomic mass is 16.7. The Morgan fingerprint density at radius 1 is 1.16 bits per heavy atom. The average Bonchev–Trinajstić information content (AvgIpc) is 3.28. The van der Waals surface area contributed by atoms with Crippen LogP contribution in [0.2, 0.25) is 0 Å². The predicted octanol–water partition coefficient (Wildman–Crippen LogP) is 2.10. The number of carbonyl (C=O) groups is 1. The number of likely N-dealkylation sites (tertiary alicyclic amines) is 1. The Hall–Kier alpha value is -1.79. The molecule has 1 aromatic carbocycles. The maximum atomic E-state index is 12.2. The van der Waals surface area contributed by atoms with E-state index in [0.29, 0.717) is 39.5 Å². The summed E-state index contributed by atoms with van der Waals surface area (Å²) >= 11 is 0. The van der Waals surface area contributed by atoms with Crippen molar-refractivity contribution in [3.05, 3.63) is 29.3 Å². The van der Waals surface area contributed by atoms with Gasteiger partial charge >= 0.3 is 6.03 Å². The van der Waals surface area contributed by atoms with E-state index in [1.165, 1.54) is 24.0 Å². The third kappa shape index (κ3) is 3.75. The number of amides is 2. The molecule has 0 radical (unpaired) electrons. The van der Waals surface area contributed by atoms with Crippen LogP contribution in [0.15, 0.2) is 18.2 Å². The van der Waals surface area contributed by atoms with E-state index in [-0.39, 0.29) is 6.03 Å². The van der Waals surface area contributed by atoms with Gasteiger partial charge in [0.15, 0.2) is 5.79 Å². The van der Waals surface area contributed by atoms with Gasteiger partial charge in [0.05, 0.1) is 19.8 Å². The number of hydrogen-bond acceptors (Lipinski definition) is 4. The van der Waals surface area contributed by atoms with Gasteiger partial charge in [0, 0.05) is 25.9 Å². The van der Waals surface area contributed by atoms with Crippen LogP contribution < -0.4 is 10.1 Å². The standard InChI is InChI=1S/C19H26N2O4/c22-18(21-9-6-19(7-10-21)24-12-13-25-19)20-8-11-23-17-5-4-15-2-1-3-16(15)14-17/h4-5,14H,1-3,6-13H2,(H,20,22). The van der Waals surface area contributed by atoms with Crippen LogP contribution in [0.1, 0.15) is 30.4 Å². The van der Waals surface area contributed by atoms with Gasteiger partial charge in [-0.2, -0.15) is 0 Å². The van der Waals surface area contributed by atoms with Gasteiger partial charge in [-0.25, -0.2) is 4.79 Å². The summed E-state index contributed by atoms with van der Waals surface area (Å²) in [5.74, 6) is 0.457. The highest BCUT2D eigenvalue weighted by Crippen LogP contribution is 2.31. The zero-order valence-electron chi connectivity index (χ0n) is 14.6. The van der Waals surface area contributed by atoms with Crippen LogP contribution in [0.4, 0.5) is 4.79 Å². The van der Waals surface area contributed by atoms with Gasteiger partial charge in [-0.05, 0) is 42.5 Å². The maximum Gasteiger partial charge on any atom is 0.317 e. The van der Waals surface area contributed by atoms with Crippen molar-refractivity contribution in [3.8, 4) is 5.75 Å².